The third kappa shape index (κ3) is 4.08. The Morgan fingerprint density at radius 3 is 2.74 bits per heavy atom. The summed E-state index contributed by atoms with van der Waals surface area (Å²) in [5.41, 5.74) is 0.0287. The highest BCUT2D eigenvalue weighted by Crippen LogP contribution is 2.20. The molecule has 0 fully saturated rings. The highest BCUT2D eigenvalue weighted by molar-refractivity contribution is 9.10. The van der Waals surface area contributed by atoms with Crippen molar-refractivity contribution in [3.8, 4) is 0 Å². The number of hydrogen-bond donors (Lipinski definition) is 1. The van der Waals surface area contributed by atoms with Crippen molar-refractivity contribution >= 4 is 38.6 Å². The molecule has 0 aliphatic heterocycles. The second kappa shape index (κ2) is 7.22. The molecule has 9 heteroatoms. The molecule has 7 nitrogen and oxygen atoms in total. The summed E-state index contributed by atoms with van der Waals surface area (Å²) in [5.74, 6) is -0.929. The molecule has 1 aromatic carbocycles. The van der Waals surface area contributed by atoms with Crippen LogP contribution in [0.25, 0.3) is 11.0 Å². The smallest absolute Gasteiger partial charge is 0.264 e. The van der Waals surface area contributed by atoms with E-state index in [0.29, 0.717) is 15.5 Å². The van der Waals surface area contributed by atoms with Crippen LogP contribution in [-0.2, 0) is 16.9 Å². The SMILES string of the molecule is CC(C)(C)n1ncc2c(=O)n(CCC(=O)Nc3ccc(Br)cc3F)cnc21. The van der Waals surface area contributed by atoms with Crippen LogP contribution >= 0.6 is 15.9 Å². The largest absolute Gasteiger partial charge is 0.324 e. The Balaban J connectivity index is 1.74. The maximum atomic E-state index is 13.8. The summed E-state index contributed by atoms with van der Waals surface area (Å²) >= 11 is 3.16. The quantitative estimate of drug-likeness (QED) is 0.681. The Morgan fingerprint density at radius 1 is 1.33 bits per heavy atom. The summed E-state index contributed by atoms with van der Waals surface area (Å²) in [5, 5.41) is 7.15. The maximum absolute atomic E-state index is 13.8. The molecule has 0 saturated heterocycles. The highest BCUT2D eigenvalue weighted by Gasteiger charge is 2.19. The number of halogens is 2. The number of nitrogens with one attached hydrogen (secondary N) is 1. The van der Waals surface area contributed by atoms with E-state index in [4.69, 9.17) is 0 Å². The molecule has 3 aromatic rings. The number of nitrogens with zero attached hydrogens (tertiary/aromatic N) is 4. The van der Waals surface area contributed by atoms with E-state index in [1.807, 2.05) is 20.8 Å². The van der Waals surface area contributed by atoms with E-state index in [2.05, 4.69) is 31.3 Å². The zero-order valence-electron chi connectivity index (χ0n) is 15.2. The minimum absolute atomic E-state index is 0.00993. The zero-order chi connectivity index (χ0) is 19.8. The van der Waals surface area contributed by atoms with E-state index in [1.54, 1.807) is 10.7 Å². The van der Waals surface area contributed by atoms with Gasteiger partial charge < -0.3 is 5.32 Å². The van der Waals surface area contributed by atoms with Crippen LogP contribution in [0.5, 0.6) is 0 Å². The number of fused-ring (bicyclic) bond motifs is 1. The predicted molar refractivity (Wildman–Crippen MR) is 104 cm³/mol. The molecule has 0 saturated carbocycles. The fourth-order valence-electron chi connectivity index (χ4n) is 2.62. The van der Waals surface area contributed by atoms with Gasteiger partial charge in [-0.15, -0.1) is 0 Å². The van der Waals surface area contributed by atoms with E-state index in [1.165, 1.54) is 29.2 Å². The second-order valence-electron chi connectivity index (χ2n) is 7.13. The van der Waals surface area contributed by atoms with Gasteiger partial charge in [-0.05, 0) is 39.0 Å². The monoisotopic (exact) mass is 435 g/mol. The van der Waals surface area contributed by atoms with Gasteiger partial charge in [0.2, 0.25) is 5.91 Å². The van der Waals surface area contributed by atoms with E-state index < -0.39 is 11.7 Å². The maximum Gasteiger partial charge on any atom is 0.264 e. The van der Waals surface area contributed by atoms with Crippen molar-refractivity contribution in [3.05, 3.63) is 51.4 Å². The van der Waals surface area contributed by atoms with E-state index in [0.717, 1.165) is 0 Å². The lowest BCUT2D eigenvalue weighted by atomic mass is 10.1. The molecule has 2 heterocycles. The van der Waals surface area contributed by atoms with E-state index in [9.17, 15) is 14.0 Å². The number of carbonyl (C=O) groups excluding carboxylic acids is 1. The van der Waals surface area contributed by atoms with Crippen molar-refractivity contribution in [2.24, 2.45) is 0 Å². The molecule has 0 unspecified atom stereocenters. The number of benzene rings is 1. The topological polar surface area (TPSA) is 81.8 Å². The molecule has 0 aliphatic carbocycles. The number of aryl methyl sites for hydroxylation is 1. The van der Waals surface area contributed by atoms with Crippen molar-refractivity contribution in [1.29, 1.82) is 0 Å². The first kappa shape index (κ1) is 19.2. The van der Waals surface area contributed by atoms with Crippen LogP contribution in [-0.4, -0.2) is 25.2 Å². The molecule has 142 valence electrons. The van der Waals surface area contributed by atoms with Gasteiger partial charge in [0, 0.05) is 17.4 Å². The van der Waals surface area contributed by atoms with Crippen molar-refractivity contribution in [2.75, 3.05) is 5.32 Å². The van der Waals surface area contributed by atoms with Crippen LogP contribution in [0.3, 0.4) is 0 Å². The first-order valence-corrected chi connectivity index (χ1v) is 9.14. The predicted octanol–water partition coefficient (Wildman–Crippen LogP) is 3.28. The Kier molecular flexibility index (Phi) is 5.14. The van der Waals surface area contributed by atoms with Crippen LogP contribution in [0.4, 0.5) is 10.1 Å². The summed E-state index contributed by atoms with van der Waals surface area (Å²) in [4.78, 5) is 29.0. The summed E-state index contributed by atoms with van der Waals surface area (Å²) in [6.07, 6.45) is 2.90. The molecule has 27 heavy (non-hydrogen) atoms. The summed E-state index contributed by atoms with van der Waals surface area (Å²) < 4.78 is 17.4. The summed E-state index contributed by atoms with van der Waals surface area (Å²) in [6.45, 7) is 6.04. The van der Waals surface area contributed by atoms with Crippen LogP contribution in [0, 0.1) is 5.82 Å². The Hall–Kier alpha value is -2.55. The zero-order valence-corrected chi connectivity index (χ0v) is 16.7. The van der Waals surface area contributed by atoms with E-state index in [-0.39, 0.29) is 29.8 Å². The minimum atomic E-state index is -0.535. The first-order chi connectivity index (χ1) is 12.7. The van der Waals surface area contributed by atoms with Gasteiger partial charge >= 0.3 is 0 Å². The van der Waals surface area contributed by atoms with Crippen molar-refractivity contribution < 1.29 is 9.18 Å². The Labute approximate surface area is 163 Å². The van der Waals surface area contributed by atoms with Crippen molar-refractivity contribution in [1.82, 2.24) is 19.3 Å². The molecular formula is C18H19BrFN5O2. The molecule has 1 N–H and O–H groups in total. The van der Waals surface area contributed by atoms with Gasteiger partial charge in [0.1, 0.15) is 11.2 Å². The number of amides is 1. The normalized spacial score (nSPS) is 11.7. The third-order valence-corrected chi connectivity index (χ3v) is 4.47. The Bertz CT molecular complexity index is 1070. The van der Waals surface area contributed by atoms with Crippen LogP contribution < -0.4 is 10.9 Å². The standard InChI is InChI=1S/C18H19BrFN5O2/c1-18(2,3)25-16-12(9-22-25)17(27)24(10-21-16)7-6-15(26)23-14-5-4-11(19)8-13(14)20/h4-5,8-10H,6-7H2,1-3H3,(H,23,26). The molecule has 2 aromatic heterocycles. The van der Waals surface area contributed by atoms with Gasteiger partial charge in [0.15, 0.2) is 5.65 Å². The number of hydrogen-bond acceptors (Lipinski definition) is 4. The van der Waals surface area contributed by atoms with Crippen LogP contribution in [0.2, 0.25) is 0 Å². The average Bonchev–Trinajstić information content (AvgIpc) is 3.02. The average molecular weight is 436 g/mol. The molecule has 0 aliphatic rings. The molecule has 0 bridgehead atoms. The van der Waals surface area contributed by atoms with Gasteiger partial charge in [-0.1, -0.05) is 15.9 Å². The van der Waals surface area contributed by atoms with Crippen molar-refractivity contribution in [3.63, 3.8) is 0 Å². The third-order valence-electron chi connectivity index (χ3n) is 3.97. The fourth-order valence-corrected chi connectivity index (χ4v) is 2.96. The van der Waals surface area contributed by atoms with Gasteiger partial charge in [-0.2, -0.15) is 5.10 Å². The number of rotatable bonds is 4. The molecule has 0 atom stereocenters. The van der Waals surface area contributed by atoms with Gasteiger partial charge in [-0.3, -0.25) is 14.2 Å². The lowest BCUT2D eigenvalue weighted by molar-refractivity contribution is -0.116. The summed E-state index contributed by atoms with van der Waals surface area (Å²) in [7, 11) is 0. The highest BCUT2D eigenvalue weighted by atomic mass is 79.9. The fraction of sp³-hybridized carbons (Fsp3) is 0.333. The van der Waals surface area contributed by atoms with Crippen molar-refractivity contribution in [2.45, 2.75) is 39.3 Å². The second-order valence-corrected chi connectivity index (χ2v) is 8.05. The first-order valence-electron chi connectivity index (χ1n) is 8.35. The number of carbonyl (C=O) groups is 1. The minimum Gasteiger partial charge on any atom is -0.324 e. The Morgan fingerprint density at radius 2 is 2.07 bits per heavy atom. The summed E-state index contributed by atoms with van der Waals surface area (Å²) in [6, 6.07) is 4.37. The van der Waals surface area contributed by atoms with Gasteiger partial charge in [0.05, 0.1) is 23.8 Å². The molecular weight excluding hydrogens is 417 g/mol. The van der Waals surface area contributed by atoms with Gasteiger partial charge in [0.25, 0.3) is 5.56 Å². The van der Waals surface area contributed by atoms with E-state index >= 15 is 0 Å². The van der Waals surface area contributed by atoms with Crippen LogP contribution in [0.1, 0.15) is 27.2 Å². The van der Waals surface area contributed by atoms with Gasteiger partial charge in [-0.25, -0.2) is 14.1 Å². The number of anilines is 1. The lowest BCUT2D eigenvalue weighted by Gasteiger charge is -2.19. The molecule has 0 spiro atoms. The molecule has 0 radical (unpaired) electrons. The lowest BCUT2D eigenvalue weighted by Crippen LogP contribution is -2.26. The molecule has 3 rings (SSSR count). The molecule has 1 amide bonds. The number of aromatic nitrogens is 4. The van der Waals surface area contributed by atoms with Crippen LogP contribution in [0.15, 0.2) is 40.0 Å².